The second kappa shape index (κ2) is 4.30. The SMILES string of the molecule is O=C(O)CC=Cc1ccccc1O. The fourth-order valence-corrected chi connectivity index (χ4v) is 0.915. The molecule has 3 nitrogen and oxygen atoms in total. The minimum absolute atomic E-state index is 0.0334. The Hall–Kier alpha value is -1.77. The van der Waals surface area contributed by atoms with E-state index in [9.17, 15) is 9.90 Å². The first-order valence-corrected chi connectivity index (χ1v) is 3.86. The second-order valence-corrected chi connectivity index (χ2v) is 2.56. The zero-order chi connectivity index (χ0) is 9.68. The molecule has 3 heteroatoms. The predicted octanol–water partition coefficient (Wildman–Crippen LogP) is 1.88. The summed E-state index contributed by atoms with van der Waals surface area (Å²) in [7, 11) is 0. The number of rotatable bonds is 3. The average Bonchev–Trinajstić information content (AvgIpc) is 2.08. The quantitative estimate of drug-likeness (QED) is 0.742. The Morgan fingerprint density at radius 3 is 2.69 bits per heavy atom. The molecule has 1 aromatic rings. The first-order chi connectivity index (χ1) is 6.20. The lowest BCUT2D eigenvalue weighted by Crippen LogP contribution is -1.89. The van der Waals surface area contributed by atoms with Crippen molar-refractivity contribution in [2.24, 2.45) is 0 Å². The van der Waals surface area contributed by atoms with Crippen LogP contribution in [-0.4, -0.2) is 16.2 Å². The minimum Gasteiger partial charge on any atom is -0.507 e. The second-order valence-electron chi connectivity index (χ2n) is 2.56. The van der Waals surface area contributed by atoms with E-state index < -0.39 is 5.97 Å². The number of benzene rings is 1. The highest BCUT2D eigenvalue weighted by molar-refractivity contribution is 5.70. The summed E-state index contributed by atoms with van der Waals surface area (Å²) in [6.45, 7) is 0. The highest BCUT2D eigenvalue weighted by Crippen LogP contribution is 2.16. The molecule has 0 atom stereocenters. The van der Waals surface area contributed by atoms with Gasteiger partial charge in [0.25, 0.3) is 0 Å². The maximum Gasteiger partial charge on any atom is 0.307 e. The lowest BCUT2D eigenvalue weighted by atomic mass is 10.2. The number of phenols is 1. The van der Waals surface area contributed by atoms with Crippen LogP contribution < -0.4 is 0 Å². The number of hydrogen-bond acceptors (Lipinski definition) is 2. The van der Waals surface area contributed by atoms with E-state index in [-0.39, 0.29) is 12.2 Å². The summed E-state index contributed by atoms with van der Waals surface area (Å²) in [6, 6.07) is 6.76. The lowest BCUT2D eigenvalue weighted by Gasteiger charge is -1.95. The summed E-state index contributed by atoms with van der Waals surface area (Å²) >= 11 is 0. The van der Waals surface area contributed by atoms with Crippen molar-refractivity contribution in [3.05, 3.63) is 35.9 Å². The van der Waals surface area contributed by atoms with Gasteiger partial charge in [-0.15, -0.1) is 0 Å². The van der Waals surface area contributed by atoms with Crippen molar-refractivity contribution in [3.8, 4) is 5.75 Å². The number of aliphatic carboxylic acids is 1. The molecule has 0 amide bonds. The minimum atomic E-state index is -0.883. The first-order valence-electron chi connectivity index (χ1n) is 3.86. The van der Waals surface area contributed by atoms with Gasteiger partial charge in [0.2, 0.25) is 0 Å². The number of aromatic hydroxyl groups is 1. The molecule has 0 unspecified atom stereocenters. The van der Waals surface area contributed by atoms with Crippen LogP contribution in [-0.2, 0) is 4.79 Å². The third-order valence-electron chi connectivity index (χ3n) is 1.53. The molecule has 1 rings (SSSR count). The molecule has 13 heavy (non-hydrogen) atoms. The average molecular weight is 178 g/mol. The van der Waals surface area contributed by atoms with Crippen LogP contribution in [0.15, 0.2) is 30.3 Å². The molecule has 68 valence electrons. The highest BCUT2D eigenvalue weighted by atomic mass is 16.4. The van der Waals surface area contributed by atoms with Crippen LogP contribution in [0.1, 0.15) is 12.0 Å². The molecule has 0 heterocycles. The van der Waals surface area contributed by atoms with Gasteiger partial charge < -0.3 is 10.2 Å². The van der Waals surface area contributed by atoms with Gasteiger partial charge in [-0.1, -0.05) is 30.4 Å². The summed E-state index contributed by atoms with van der Waals surface area (Å²) in [4.78, 5) is 10.2. The number of carbonyl (C=O) groups is 1. The van der Waals surface area contributed by atoms with Crippen LogP contribution in [0.4, 0.5) is 0 Å². The van der Waals surface area contributed by atoms with Crippen molar-refractivity contribution in [2.75, 3.05) is 0 Å². The van der Waals surface area contributed by atoms with E-state index in [4.69, 9.17) is 5.11 Å². The molecule has 0 radical (unpaired) electrons. The van der Waals surface area contributed by atoms with Crippen LogP contribution in [0, 0.1) is 0 Å². The van der Waals surface area contributed by atoms with Gasteiger partial charge >= 0.3 is 5.97 Å². The third-order valence-corrected chi connectivity index (χ3v) is 1.53. The van der Waals surface area contributed by atoms with Crippen LogP contribution in [0.3, 0.4) is 0 Å². The van der Waals surface area contributed by atoms with E-state index in [0.29, 0.717) is 5.56 Å². The third kappa shape index (κ3) is 2.99. The van der Waals surface area contributed by atoms with Crippen LogP contribution >= 0.6 is 0 Å². The molecule has 0 aromatic heterocycles. The zero-order valence-electron chi connectivity index (χ0n) is 6.97. The smallest absolute Gasteiger partial charge is 0.307 e. The fourth-order valence-electron chi connectivity index (χ4n) is 0.915. The fraction of sp³-hybridized carbons (Fsp3) is 0.100. The number of carboxylic acids is 1. The van der Waals surface area contributed by atoms with Crippen LogP contribution in [0.5, 0.6) is 5.75 Å². The normalized spacial score (nSPS) is 10.5. The van der Waals surface area contributed by atoms with Gasteiger partial charge in [0, 0.05) is 5.56 Å². The number of hydrogen-bond donors (Lipinski definition) is 2. The Labute approximate surface area is 76.0 Å². The van der Waals surface area contributed by atoms with Gasteiger partial charge in [-0.05, 0) is 6.07 Å². The van der Waals surface area contributed by atoms with Crippen LogP contribution in [0.2, 0.25) is 0 Å². The van der Waals surface area contributed by atoms with E-state index >= 15 is 0 Å². The first kappa shape index (κ1) is 9.32. The number of phenolic OH excluding ortho intramolecular Hbond substituents is 1. The largest absolute Gasteiger partial charge is 0.507 e. The molecule has 0 saturated heterocycles. The van der Waals surface area contributed by atoms with Crippen molar-refractivity contribution in [1.82, 2.24) is 0 Å². The maximum absolute atomic E-state index is 10.2. The van der Waals surface area contributed by atoms with Crippen LogP contribution in [0.25, 0.3) is 6.08 Å². The van der Waals surface area contributed by atoms with E-state index in [2.05, 4.69) is 0 Å². The van der Waals surface area contributed by atoms with Crippen molar-refractivity contribution in [2.45, 2.75) is 6.42 Å². The lowest BCUT2D eigenvalue weighted by molar-refractivity contribution is -0.135. The molecule has 0 fully saturated rings. The van der Waals surface area contributed by atoms with E-state index in [1.54, 1.807) is 30.3 Å². The van der Waals surface area contributed by atoms with Gasteiger partial charge in [0.1, 0.15) is 5.75 Å². The molecule has 0 spiro atoms. The summed E-state index contributed by atoms with van der Waals surface area (Å²) < 4.78 is 0. The Bertz CT molecular complexity index is 329. The monoisotopic (exact) mass is 178 g/mol. The van der Waals surface area contributed by atoms with Gasteiger partial charge in [0.05, 0.1) is 6.42 Å². The zero-order valence-corrected chi connectivity index (χ0v) is 6.97. The molecule has 0 bridgehead atoms. The predicted molar refractivity (Wildman–Crippen MR) is 49.4 cm³/mol. The van der Waals surface area contributed by atoms with Gasteiger partial charge in [-0.25, -0.2) is 0 Å². The van der Waals surface area contributed by atoms with Gasteiger partial charge in [0.15, 0.2) is 0 Å². The van der Waals surface area contributed by atoms with Crippen molar-refractivity contribution in [1.29, 1.82) is 0 Å². The molecule has 0 saturated carbocycles. The van der Waals surface area contributed by atoms with E-state index in [1.165, 1.54) is 6.08 Å². The standard InChI is InChI=1S/C10H10O3/c11-9-6-2-1-4-8(9)5-3-7-10(12)13/h1-6,11H,7H2,(H,12,13). The van der Waals surface area contributed by atoms with Gasteiger partial charge in [-0.2, -0.15) is 0 Å². The topological polar surface area (TPSA) is 57.5 Å². The van der Waals surface area contributed by atoms with Crippen molar-refractivity contribution in [3.63, 3.8) is 0 Å². The summed E-state index contributed by atoms with van der Waals surface area (Å²) in [5.74, 6) is -0.726. The number of para-hydroxylation sites is 1. The summed E-state index contributed by atoms with van der Waals surface area (Å²) in [6.07, 6.45) is 3.05. The molecule has 0 aliphatic heterocycles. The molecular weight excluding hydrogens is 168 g/mol. The Kier molecular flexibility index (Phi) is 3.09. The molecular formula is C10H10O3. The molecule has 0 aliphatic rings. The van der Waals surface area contributed by atoms with E-state index in [0.717, 1.165) is 0 Å². The van der Waals surface area contributed by atoms with Gasteiger partial charge in [-0.3, -0.25) is 4.79 Å². The highest BCUT2D eigenvalue weighted by Gasteiger charge is 1.94. The Balaban J connectivity index is 2.68. The summed E-state index contributed by atoms with van der Waals surface area (Å²) in [5, 5.41) is 17.6. The van der Waals surface area contributed by atoms with Crippen molar-refractivity contribution >= 4 is 12.0 Å². The Morgan fingerprint density at radius 1 is 1.38 bits per heavy atom. The Morgan fingerprint density at radius 2 is 2.08 bits per heavy atom. The molecule has 0 aliphatic carbocycles. The maximum atomic E-state index is 10.2. The van der Waals surface area contributed by atoms with Crippen molar-refractivity contribution < 1.29 is 15.0 Å². The summed E-state index contributed by atoms with van der Waals surface area (Å²) in [5.41, 5.74) is 0.628. The molecule has 1 aromatic carbocycles. The molecule has 2 N–H and O–H groups in total. The number of carboxylic acid groups (broad SMARTS) is 1. The van der Waals surface area contributed by atoms with E-state index in [1.807, 2.05) is 0 Å².